The lowest BCUT2D eigenvalue weighted by Crippen LogP contribution is -2.14. The van der Waals surface area contributed by atoms with Crippen LogP contribution < -0.4 is 9.47 Å². The summed E-state index contributed by atoms with van der Waals surface area (Å²) in [6, 6.07) is 14.6. The van der Waals surface area contributed by atoms with Crippen molar-refractivity contribution < 1.29 is 57.3 Å². The number of hydrogen-bond acceptors (Lipinski definition) is 11. The number of nitro benzene ring substituents is 1. The van der Waals surface area contributed by atoms with Crippen molar-refractivity contribution in [1.82, 2.24) is 0 Å². The fraction of sp³-hybridized carbons (Fsp3) is 0. The summed E-state index contributed by atoms with van der Waals surface area (Å²) in [6.45, 7) is 0. The Morgan fingerprint density at radius 1 is 0.628 bits per heavy atom. The lowest BCUT2D eigenvalue weighted by Gasteiger charge is -2.10. The summed E-state index contributed by atoms with van der Waals surface area (Å²) in [5, 5.41) is 39.2. The highest BCUT2D eigenvalue weighted by Gasteiger charge is 2.24. The molecular weight excluding hydrogens is 590 g/mol. The molecule has 0 fully saturated rings. The van der Waals surface area contributed by atoms with Crippen LogP contribution in [0.1, 0.15) is 41.4 Å². The lowest BCUT2D eigenvalue weighted by atomic mass is 10.1. The topological polar surface area (TPSA) is 225 Å². The monoisotopic (exact) mass is 607 g/mol. The van der Waals surface area contributed by atoms with Gasteiger partial charge in [0.1, 0.15) is 17.2 Å². The van der Waals surface area contributed by atoms with Crippen LogP contribution >= 0.6 is 0 Å². The molecule has 14 nitrogen and oxygen atoms in total. The number of sulfone groups is 1. The highest BCUT2D eigenvalue weighted by molar-refractivity contribution is 7.91. The number of carboxylic acid groups (broad SMARTS) is 2. The molecule has 0 heterocycles. The Morgan fingerprint density at radius 2 is 1.05 bits per heavy atom. The molecule has 0 bridgehead atoms. The predicted molar refractivity (Wildman–Crippen MR) is 143 cm³/mol. The minimum Gasteiger partial charge on any atom is -0.508 e. The SMILES string of the molecule is O=C(O)c1ccc(O)cc1C(=O)Oc1ccc(S(=O)(=O)c2ccc(OC(=O)c3cc([N+](=O)[O-])ccc3C(=O)O)cc2)cc1. The summed E-state index contributed by atoms with van der Waals surface area (Å²) in [7, 11) is -4.13. The number of non-ortho nitro benzene ring substituents is 1. The van der Waals surface area contributed by atoms with E-state index < -0.39 is 66.6 Å². The summed E-state index contributed by atoms with van der Waals surface area (Å²) < 4.78 is 36.4. The van der Waals surface area contributed by atoms with Crippen LogP contribution in [-0.4, -0.2) is 52.5 Å². The van der Waals surface area contributed by atoms with Crippen molar-refractivity contribution in [2.45, 2.75) is 9.79 Å². The number of carbonyl (C=O) groups is 4. The zero-order valence-electron chi connectivity index (χ0n) is 21.4. The zero-order valence-corrected chi connectivity index (χ0v) is 22.2. The molecule has 0 aliphatic heterocycles. The van der Waals surface area contributed by atoms with E-state index in [2.05, 4.69) is 0 Å². The number of rotatable bonds is 9. The van der Waals surface area contributed by atoms with Crippen molar-refractivity contribution in [3.8, 4) is 17.2 Å². The highest BCUT2D eigenvalue weighted by atomic mass is 32.2. The van der Waals surface area contributed by atoms with Crippen LogP contribution in [0.15, 0.2) is 94.7 Å². The van der Waals surface area contributed by atoms with Gasteiger partial charge in [-0.25, -0.2) is 27.6 Å². The highest BCUT2D eigenvalue weighted by Crippen LogP contribution is 2.27. The fourth-order valence-corrected chi connectivity index (χ4v) is 4.98. The zero-order chi connectivity index (χ0) is 31.5. The quantitative estimate of drug-likeness (QED) is 0.106. The van der Waals surface area contributed by atoms with Crippen molar-refractivity contribution >= 4 is 39.4 Å². The maximum atomic E-state index is 13.1. The molecule has 0 amide bonds. The second-order valence-corrected chi connectivity index (χ2v) is 10.5. The largest absolute Gasteiger partial charge is 0.508 e. The first-order valence-electron chi connectivity index (χ1n) is 11.8. The molecule has 0 aromatic heterocycles. The van der Waals surface area contributed by atoms with Crippen LogP contribution in [0.2, 0.25) is 0 Å². The van der Waals surface area contributed by atoms with Crippen LogP contribution in [0.4, 0.5) is 5.69 Å². The Bertz CT molecular complexity index is 1900. The first kappa shape index (κ1) is 29.9. The Labute approximate surface area is 241 Å². The first-order valence-corrected chi connectivity index (χ1v) is 13.2. The number of esters is 2. The summed E-state index contributed by atoms with van der Waals surface area (Å²) >= 11 is 0. The average molecular weight is 608 g/mol. The third-order valence-corrected chi connectivity index (χ3v) is 7.59. The van der Waals surface area contributed by atoms with E-state index in [4.69, 9.17) is 9.47 Å². The maximum absolute atomic E-state index is 13.1. The normalized spacial score (nSPS) is 10.9. The van der Waals surface area contributed by atoms with Crippen molar-refractivity contribution in [1.29, 1.82) is 0 Å². The number of phenols is 1. The first-order chi connectivity index (χ1) is 20.3. The number of nitrogens with zero attached hydrogens (tertiary/aromatic N) is 1. The molecule has 0 saturated carbocycles. The molecule has 4 rings (SSSR count). The predicted octanol–water partition coefficient (Wildman–Crippen LogP) is 3.97. The third-order valence-electron chi connectivity index (χ3n) is 5.81. The van der Waals surface area contributed by atoms with Gasteiger partial charge in [-0.2, -0.15) is 0 Å². The van der Waals surface area contributed by atoms with Gasteiger partial charge in [-0.05, 0) is 72.8 Å². The van der Waals surface area contributed by atoms with Crippen LogP contribution in [-0.2, 0) is 9.84 Å². The van der Waals surface area contributed by atoms with Gasteiger partial charge >= 0.3 is 23.9 Å². The Morgan fingerprint density at radius 3 is 1.47 bits per heavy atom. The number of ether oxygens (including phenoxy) is 2. The molecule has 218 valence electrons. The molecular formula is C28H17NO13S. The summed E-state index contributed by atoms with van der Waals surface area (Å²) in [5.74, 6) is -5.93. The smallest absolute Gasteiger partial charge is 0.344 e. The molecule has 15 heteroatoms. The fourth-order valence-electron chi connectivity index (χ4n) is 3.72. The van der Waals surface area contributed by atoms with Gasteiger partial charge in [0.25, 0.3) is 5.69 Å². The minimum atomic E-state index is -4.13. The maximum Gasteiger partial charge on any atom is 0.344 e. The Hall–Kier alpha value is -6.09. The molecule has 4 aromatic rings. The van der Waals surface area contributed by atoms with E-state index in [0.717, 1.165) is 84.9 Å². The molecule has 0 radical (unpaired) electrons. The van der Waals surface area contributed by atoms with Gasteiger partial charge in [0.2, 0.25) is 9.84 Å². The standard InChI is InChI=1S/C28H17NO13S/c30-16-2-12-22(26(33)34)24(14-16)28(36)42-18-5-9-20(10-6-18)43(39,40)19-7-3-17(4-8-19)41-27(35)23-13-15(29(37)38)1-11-21(23)25(31)32/h1-14,30H,(H,31,32)(H,33,34). The Balaban J connectivity index is 1.50. The molecule has 0 aliphatic rings. The van der Waals surface area contributed by atoms with Gasteiger partial charge in [-0.3, -0.25) is 10.1 Å². The number of carboxylic acids is 2. The second-order valence-electron chi connectivity index (χ2n) is 8.55. The lowest BCUT2D eigenvalue weighted by molar-refractivity contribution is -0.384. The van der Waals surface area contributed by atoms with Gasteiger partial charge in [-0.1, -0.05) is 0 Å². The van der Waals surface area contributed by atoms with Gasteiger partial charge in [0.05, 0.1) is 37.0 Å². The van der Waals surface area contributed by atoms with E-state index in [-0.39, 0.29) is 27.0 Å². The number of benzene rings is 4. The average Bonchev–Trinajstić information content (AvgIpc) is 2.97. The number of aromatic hydroxyl groups is 1. The van der Waals surface area contributed by atoms with Crippen molar-refractivity contribution in [3.63, 3.8) is 0 Å². The van der Waals surface area contributed by atoms with Crippen LogP contribution in [0, 0.1) is 10.1 Å². The molecule has 43 heavy (non-hydrogen) atoms. The van der Waals surface area contributed by atoms with Crippen molar-refractivity contribution in [2.75, 3.05) is 0 Å². The molecule has 0 spiro atoms. The second kappa shape index (κ2) is 11.8. The van der Waals surface area contributed by atoms with Crippen LogP contribution in [0.3, 0.4) is 0 Å². The minimum absolute atomic E-state index is 0.118. The number of phenolic OH excluding ortho intramolecular Hbond substituents is 1. The van der Waals surface area contributed by atoms with Gasteiger partial charge in [0.15, 0.2) is 0 Å². The summed E-state index contributed by atoms with van der Waals surface area (Å²) in [4.78, 5) is 57.6. The number of aromatic carboxylic acids is 2. The molecule has 0 saturated heterocycles. The third kappa shape index (κ3) is 6.47. The van der Waals surface area contributed by atoms with E-state index >= 15 is 0 Å². The van der Waals surface area contributed by atoms with E-state index in [1.54, 1.807) is 0 Å². The number of carbonyl (C=O) groups excluding carboxylic acids is 2. The van der Waals surface area contributed by atoms with Gasteiger partial charge < -0.3 is 24.8 Å². The van der Waals surface area contributed by atoms with Crippen molar-refractivity contribution in [3.05, 3.63) is 117 Å². The molecule has 0 aliphatic carbocycles. The summed E-state index contributed by atoms with van der Waals surface area (Å²) in [5.41, 5.74) is -2.49. The molecule has 0 atom stereocenters. The van der Waals surface area contributed by atoms with Crippen molar-refractivity contribution in [2.24, 2.45) is 0 Å². The van der Waals surface area contributed by atoms with Gasteiger partial charge in [-0.15, -0.1) is 0 Å². The van der Waals surface area contributed by atoms with E-state index in [9.17, 15) is 53.0 Å². The van der Waals surface area contributed by atoms with Crippen LogP contribution in [0.5, 0.6) is 17.2 Å². The van der Waals surface area contributed by atoms with E-state index in [0.29, 0.717) is 0 Å². The van der Waals surface area contributed by atoms with E-state index in [1.807, 2.05) is 0 Å². The number of hydrogen-bond donors (Lipinski definition) is 3. The van der Waals surface area contributed by atoms with Gasteiger partial charge in [0, 0.05) is 12.1 Å². The van der Waals surface area contributed by atoms with Crippen LogP contribution in [0.25, 0.3) is 0 Å². The van der Waals surface area contributed by atoms with E-state index in [1.165, 1.54) is 0 Å². The molecule has 4 aromatic carbocycles. The molecule has 3 N–H and O–H groups in total. The Kier molecular flexibility index (Phi) is 8.20. The summed E-state index contributed by atoms with van der Waals surface area (Å²) in [6.07, 6.45) is 0. The molecule has 0 unspecified atom stereocenters. The number of nitro groups is 1.